The molecular weight excluding hydrogens is 302 g/mol. The molecule has 0 radical (unpaired) electrons. The molecule has 6 heteroatoms. The zero-order valence-electron chi connectivity index (χ0n) is 12.6. The van der Waals surface area contributed by atoms with Gasteiger partial charge in [-0.25, -0.2) is 4.98 Å². The highest BCUT2D eigenvalue weighted by atomic mass is 35.5. The molecule has 2 heterocycles. The Labute approximate surface area is 135 Å². The Morgan fingerprint density at radius 1 is 1.36 bits per heavy atom. The summed E-state index contributed by atoms with van der Waals surface area (Å²) in [5.41, 5.74) is 1.81. The van der Waals surface area contributed by atoms with Gasteiger partial charge in [0.05, 0.1) is 18.4 Å². The van der Waals surface area contributed by atoms with Crippen LogP contribution in [0.5, 0.6) is 0 Å². The van der Waals surface area contributed by atoms with E-state index in [0.29, 0.717) is 17.5 Å². The molecule has 1 fully saturated rings. The van der Waals surface area contributed by atoms with Gasteiger partial charge >= 0.3 is 0 Å². The van der Waals surface area contributed by atoms with Crippen molar-refractivity contribution in [2.45, 2.75) is 12.6 Å². The largest absolute Gasteiger partial charge is 0.444 e. The van der Waals surface area contributed by atoms with Crippen molar-refractivity contribution in [1.29, 1.82) is 0 Å². The highest BCUT2D eigenvalue weighted by Crippen LogP contribution is 2.20. The molecule has 1 aliphatic rings. The second kappa shape index (κ2) is 7.24. The van der Waals surface area contributed by atoms with E-state index in [1.807, 2.05) is 24.3 Å². The van der Waals surface area contributed by atoms with Crippen LogP contribution in [0.4, 0.5) is 0 Å². The van der Waals surface area contributed by atoms with Gasteiger partial charge in [-0.3, -0.25) is 0 Å². The van der Waals surface area contributed by atoms with Crippen molar-refractivity contribution in [1.82, 2.24) is 15.2 Å². The van der Waals surface area contributed by atoms with Gasteiger partial charge in [-0.05, 0) is 31.3 Å². The second-order valence-corrected chi connectivity index (χ2v) is 5.97. The van der Waals surface area contributed by atoms with Gasteiger partial charge < -0.3 is 19.4 Å². The van der Waals surface area contributed by atoms with Crippen LogP contribution in [-0.4, -0.2) is 49.3 Å². The van der Waals surface area contributed by atoms with Crippen molar-refractivity contribution in [3.63, 3.8) is 0 Å². The fourth-order valence-corrected chi connectivity index (χ4v) is 2.59. The number of ether oxygens (including phenoxy) is 1. The van der Waals surface area contributed by atoms with E-state index in [0.717, 1.165) is 37.5 Å². The standard InChI is InChI=1S/C16H20ClN3O2/c1-20-6-7-21-15(10-20)9-18-8-14-11-22-16(19-14)12-2-4-13(17)5-3-12/h2-5,11,15,18H,6-10H2,1H3/t15-/m1/s1. The lowest BCUT2D eigenvalue weighted by molar-refractivity contribution is -0.0182. The molecule has 1 atom stereocenters. The number of rotatable bonds is 5. The van der Waals surface area contributed by atoms with Crippen LogP contribution in [0.2, 0.25) is 5.02 Å². The van der Waals surface area contributed by atoms with Crippen molar-refractivity contribution in [3.8, 4) is 11.5 Å². The van der Waals surface area contributed by atoms with Crippen molar-refractivity contribution >= 4 is 11.6 Å². The molecule has 3 rings (SSSR count). The first-order valence-corrected chi connectivity index (χ1v) is 7.80. The Bertz CT molecular complexity index is 600. The highest BCUT2D eigenvalue weighted by molar-refractivity contribution is 6.30. The lowest BCUT2D eigenvalue weighted by Crippen LogP contribution is -2.44. The number of likely N-dealkylation sites (N-methyl/N-ethyl adjacent to an activating group) is 1. The molecular formula is C16H20ClN3O2. The van der Waals surface area contributed by atoms with E-state index in [9.17, 15) is 0 Å². The summed E-state index contributed by atoms with van der Waals surface area (Å²) in [5.74, 6) is 0.613. The third-order valence-corrected chi connectivity index (χ3v) is 3.91. The number of halogens is 1. The number of benzene rings is 1. The Morgan fingerprint density at radius 3 is 2.95 bits per heavy atom. The van der Waals surface area contributed by atoms with Gasteiger partial charge in [-0.1, -0.05) is 11.6 Å². The SMILES string of the molecule is CN1CCO[C@H](CNCc2coc(-c3ccc(Cl)cc3)n2)C1. The molecule has 22 heavy (non-hydrogen) atoms. The zero-order chi connectivity index (χ0) is 15.4. The number of nitrogens with one attached hydrogen (secondary N) is 1. The van der Waals surface area contributed by atoms with E-state index in [4.69, 9.17) is 20.8 Å². The zero-order valence-corrected chi connectivity index (χ0v) is 13.3. The maximum absolute atomic E-state index is 5.88. The average molecular weight is 322 g/mol. The molecule has 1 aromatic carbocycles. The number of hydrogen-bond acceptors (Lipinski definition) is 5. The van der Waals surface area contributed by atoms with E-state index >= 15 is 0 Å². The van der Waals surface area contributed by atoms with Crippen LogP contribution in [0.3, 0.4) is 0 Å². The Kier molecular flexibility index (Phi) is 5.10. The smallest absolute Gasteiger partial charge is 0.226 e. The van der Waals surface area contributed by atoms with E-state index in [2.05, 4.69) is 22.2 Å². The predicted molar refractivity (Wildman–Crippen MR) is 85.9 cm³/mol. The Hall–Kier alpha value is -1.40. The third-order valence-electron chi connectivity index (χ3n) is 3.66. The monoisotopic (exact) mass is 321 g/mol. The van der Waals surface area contributed by atoms with Crippen LogP contribution >= 0.6 is 11.6 Å². The molecule has 0 spiro atoms. The highest BCUT2D eigenvalue weighted by Gasteiger charge is 2.17. The van der Waals surface area contributed by atoms with E-state index in [1.54, 1.807) is 6.26 Å². The van der Waals surface area contributed by atoms with Crippen LogP contribution in [0, 0.1) is 0 Å². The maximum Gasteiger partial charge on any atom is 0.226 e. The molecule has 0 amide bonds. The van der Waals surface area contributed by atoms with Crippen LogP contribution in [-0.2, 0) is 11.3 Å². The number of aromatic nitrogens is 1. The molecule has 5 nitrogen and oxygen atoms in total. The van der Waals surface area contributed by atoms with E-state index < -0.39 is 0 Å². The van der Waals surface area contributed by atoms with Crippen molar-refractivity contribution in [2.75, 3.05) is 33.3 Å². The van der Waals surface area contributed by atoms with E-state index in [1.165, 1.54) is 0 Å². The van der Waals surface area contributed by atoms with Crippen LogP contribution < -0.4 is 5.32 Å². The first-order chi connectivity index (χ1) is 10.7. The van der Waals surface area contributed by atoms with Crippen LogP contribution in [0.1, 0.15) is 5.69 Å². The summed E-state index contributed by atoms with van der Waals surface area (Å²) < 4.78 is 11.2. The molecule has 0 saturated carbocycles. The number of oxazole rings is 1. The summed E-state index contributed by atoms with van der Waals surface area (Å²) in [6.07, 6.45) is 1.92. The molecule has 1 aromatic heterocycles. The average Bonchev–Trinajstić information content (AvgIpc) is 2.97. The molecule has 0 aliphatic carbocycles. The predicted octanol–water partition coefficient (Wildman–Crippen LogP) is 2.42. The summed E-state index contributed by atoms with van der Waals surface area (Å²) >= 11 is 5.88. The molecule has 1 aliphatic heterocycles. The van der Waals surface area contributed by atoms with E-state index in [-0.39, 0.29) is 6.10 Å². The van der Waals surface area contributed by atoms with Gasteiger partial charge in [0.15, 0.2) is 0 Å². The minimum atomic E-state index is 0.237. The topological polar surface area (TPSA) is 50.5 Å². The molecule has 1 N–H and O–H groups in total. The van der Waals surface area contributed by atoms with Gasteiger partial charge in [0.2, 0.25) is 5.89 Å². The first kappa shape index (κ1) is 15.5. The Morgan fingerprint density at radius 2 is 2.18 bits per heavy atom. The van der Waals surface area contributed by atoms with Gasteiger partial charge in [0.25, 0.3) is 0 Å². The lowest BCUT2D eigenvalue weighted by Gasteiger charge is -2.30. The molecule has 118 valence electrons. The summed E-state index contributed by atoms with van der Waals surface area (Å²) in [6.45, 7) is 4.24. The minimum Gasteiger partial charge on any atom is -0.444 e. The minimum absolute atomic E-state index is 0.237. The van der Waals surface area contributed by atoms with Crippen LogP contribution in [0.25, 0.3) is 11.5 Å². The second-order valence-electron chi connectivity index (χ2n) is 5.54. The maximum atomic E-state index is 5.88. The summed E-state index contributed by atoms with van der Waals surface area (Å²) in [7, 11) is 2.12. The fourth-order valence-electron chi connectivity index (χ4n) is 2.46. The molecule has 2 aromatic rings. The van der Waals surface area contributed by atoms with Crippen molar-refractivity contribution in [3.05, 3.63) is 41.2 Å². The van der Waals surface area contributed by atoms with Gasteiger partial charge in [-0.2, -0.15) is 0 Å². The summed E-state index contributed by atoms with van der Waals surface area (Å²) in [5, 5.41) is 4.07. The van der Waals surface area contributed by atoms with Gasteiger partial charge in [-0.15, -0.1) is 0 Å². The number of morpholine rings is 1. The Balaban J connectivity index is 1.50. The first-order valence-electron chi connectivity index (χ1n) is 7.42. The molecule has 0 unspecified atom stereocenters. The quantitative estimate of drug-likeness (QED) is 0.916. The molecule has 1 saturated heterocycles. The summed E-state index contributed by atoms with van der Waals surface area (Å²) in [6, 6.07) is 7.46. The third kappa shape index (κ3) is 4.08. The number of hydrogen-bond donors (Lipinski definition) is 1. The van der Waals surface area contributed by atoms with Crippen molar-refractivity contribution < 1.29 is 9.15 Å². The molecule has 0 bridgehead atoms. The normalized spacial score (nSPS) is 19.5. The lowest BCUT2D eigenvalue weighted by atomic mass is 10.2. The fraction of sp³-hybridized carbons (Fsp3) is 0.438. The summed E-state index contributed by atoms with van der Waals surface area (Å²) in [4.78, 5) is 6.77. The van der Waals surface area contributed by atoms with Crippen molar-refractivity contribution in [2.24, 2.45) is 0 Å². The number of nitrogens with zero attached hydrogens (tertiary/aromatic N) is 2. The van der Waals surface area contributed by atoms with Gasteiger partial charge in [0, 0.05) is 36.8 Å². The van der Waals surface area contributed by atoms with Gasteiger partial charge in [0.1, 0.15) is 6.26 Å². The van der Waals surface area contributed by atoms with Crippen LogP contribution in [0.15, 0.2) is 34.9 Å².